The van der Waals surface area contributed by atoms with Gasteiger partial charge in [-0.2, -0.15) is 13.2 Å². The predicted molar refractivity (Wildman–Crippen MR) is 72.6 cm³/mol. The summed E-state index contributed by atoms with van der Waals surface area (Å²) in [5.74, 6) is -0.502. The number of carbonyl (C=O) groups is 1. The number of Topliss-reactive ketones (excluding diaryl/α,β-unsaturated/α-hetero) is 1. The molecular formula is C15H20F3NO. The van der Waals surface area contributed by atoms with Gasteiger partial charge in [0, 0.05) is 12.1 Å². The highest BCUT2D eigenvalue weighted by Crippen LogP contribution is 2.30. The monoisotopic (exact) mass is 287 g/mol. The van der Waals surface area contributed by atoms with Crippen LogP contribution in [-0.4, -0.2) is 17.9 Å². The molecule has 0 heterocycles. The van der Waals surface area contributed by atoms with Crippen LogP contribution in [0, 0.1) is 0 Å². The molecule has 0 saturated carbocycles. The number of carbonyl (C=O) groups excluding carboxylic acids is 1. The van der Waals surface area contributed by atoms with Gasteiger partial charge in [0.05, 0.1) is 11.5 Å². The molecule has 20 heavy (non-hydrogen) atoms. The van der Waals surface area contributed by atoms with E-state index in [2.05, 4.69) is 5.32 Å². The van der Waals surface area contributed by atoms with Crippen molar-refractivity contribution in [2.24, 2.45) is 0 Å². The van der Waals surface area contributed by atoms with Gasteiger partial charge in [-0.3, -0.25) is 4.79 Å². The van der Waals surface area contributed by atoms with Gasteiger partial charge in [0.2, 0.25) is 0 Å². The average molecular weight is 287 g/mol. The molecule has 0 amide bonds. The summed E-state index contributed by atoms with van der Waals surface area (Å²) in [5, 5.41) is 3.20. The minimum absolute atomic E-state index is 0.0680. The molecule has 0 aliphatic rings. The zero-order valence-corrected chi connectivity index (χ0v) is 12.1. The summed E-state index contributed by atoms with van der Waals surface area (Å²) in [6.07, 6.45) is -4.35. The Morgan fingerprint density at radius 2 is 1.65 bits per heavy atom. The first-order valence-electron chi connectivity index (χ1n) is 6.43. The molecule has 0 aliphatic carbocycles. The fourth-order valence-corrected chi connectivity index (χ4v) is 1.81. The summed E-state index contributed by atoms with van der Waals surface area (Å²) in [6, 6.07) is 4.78. The van der Waals surface area contributed by atoms with E-state index in [-0.39, 0.29) is 11.3 Å². The smallest absolute Gasteiger partial charge is 0.311 e. The molecule has 0 bridgehead atoms. The van der Waals surface area contributed by atoms with E-state index in [0.29, 0.717) is 12.1 Å². The van der Waals surface area contributed by atoms with Crippen molar-refractivity contribution < 1.29 is 18.0 Å². The zero-order valence-electron chi connectivity index (χ0n) is 12.1. The largest absolute Gasteiger partial charge is 0.416 e. The van der Waals surface area contributed by atoms with E-state index >= 15 is 0 Å². The van der Waals surface area contributed by atoms with Gasteiger partial charge in [-0.15, -0.1) is 0 Å². The van der Waals surface area contributed by atoms with E-state index < -0.39 is 17.7 Å². The van der Waals surface area contributed by atoms with Crippen LogP contribution in [0.2, 0.25) is 0 Å². The van der Waals surface area contributed by atoms with Gasteiger partial charge in [-0.05, 0) is 45.4 Å². The van der Waals surface area contributed by atoms with Crippen molar-refractivity contribution in [3.05, 3.63) is 35.4 Å². The number of hydrogen-bond donors (Lipinski definition) is 1. The van der Waals surface area contributed by atoms with Crippen molar-refractivity contribution in [2.75, 3.05) is 6.54 Å². The summed E-state index contributed by atoms with van der Waals surface area (Å²) in [5.41, 5.74) is -0.255. The Labute approximate surface area is 117 Å². The quantitative estimate of drug-likeness (QED) is 0.913. The summed E-state index contributed by atoms with van der Waals surface area (Å²) in [4.78, 5) is 11.7. The fraction of sp³-hybridized carbons (Fsp3) is 0.533. The Balaban J connectivity index is 2.91. The van der Waals surface area contributed by atoms with Crippen LogP contribution in [-0.2, 0) is 11.0 Å². The molecule has 1 aromatic carbocycles. The number of benzene rings is 1. The van der Waals surface area contributed by atoms with E-state index in [9.17, 15) is 18.0 Å². The number of ketones is 1. The van der Waals surface area contributed by atoms with Crippen LogP contribution in [0.25, 0.3) is 0 Å². The SMILES string of the molecule is CC(=O)C(CNC(C)(C)C)c1ccc(C(F)(F)F)cc1. The molecular weight excluding hydrogens is 267 g/mol. The van der Waals surface area contributed by atoms with Gasteiger partial charge < -0.3 is 5.32 Å². The van der Waals surface area contributed by atoms with Crippen molar-refractivity contribution in [1.29, 1.82) is 0 Å². The molecule has 112 valence electrons. The average Bonchev–Trinajstić information content (AvgIpc) is 2.26. The summed E-state index contributed by atoms with van der Waals surface area (Å²) in [6.45, 7) is 7.77. The van der Waals surface area contributed by atoms with Crippen LogP contribution in [0.1, 0.15) is 44.7 Å². The molecule has 5 heteroatoms. The lowest BCUT2D eigenvalue weighted by atomic mass is 9.93. The summed E-state index contributed by atoms with van der Waals surface area (Å²) < 4.78 is 37.5. The Morgan fingerprint density at radius 1 is 1.15 bits per heavy atom. The first-order valence-corrected chi connectivity index (χ1v) is 6.43. The first kappa shape index (κ1) is 16.7. The number of halogens is 3. The maximum atomic E-state index is 12.5. The predicted octanol–water partition coefficient (Wildman–Crippen LogP) is 3.77. The molecule has 1 rings (SSSR count). The standard InChI is InChI=1S/C15H20F3NO/c1-10(20)13(9-19-14(2,3)4)11-5-7-12(8-6-11)15(16,17)18/h5-8,13,19H,9H2,1-4H3. The highest BCUT2D eigenvalue weighted by Gasteiger charge is 2.30. The van der Waals surface area contributed by atoms with Gasteiger partial charge in [-0.1, -0.05) is 12.1 Å². The lowest BCUT2D eigenvalue weighted by Gasteiger charge is -2.24. The third kappa shape index (κ3) is 4.96. The topological polar surface area (TPSA) is 29.1 Å². The summed E-state index contributed by atoms with van der Waals surface area (Å²) >= 11 is 0. The number of nitrogens with one attached hydrogen (secondary N) is 1. The normalized spacial score (nSPS) is 14.2. The molecule has 0 fully saturated rings. The minimum atomic E-state index is -4.35. The van der Waals surface area contributed by atoms with Gasteiger partial charge >= 0.3 is 6.18 Å². The number of hydrogen-bond acceptors (Lipinski definition) is 2. The van der Waals surface area contributed by atoms with Crippen LogP contribution in [0.15, 0.2) is 24.3 Å². The molecule has 1 N–H and O–H groups in total. The first-order chi connectivity index (χ1) is 9.00. The third-order valence-electron chi connectivity index (χ3n) is 2.97. The molecule has 2 nitrogen and oxygen atoms in total. The molecule has 0 saturated heterocycles. The minimum Gasteiger partial charge on any atom is -0.311 e. The second-order valence-corrected chi connectivity index (χ2v) is 5.91. The van der Waals surface area contributed by atoms with Crippen LogP contribution >= 0.6 is 0 Å². The Hall–Kier alpha value is -1.36. The Morgan fingerprint density at radius 3 is 2.00 bits per heavy atom. The third-order valence-corrected chi connectivity index (χ3v) is 2.97. The zero-order chi connectivity index (χ0) is 15.6. The van der Waals surface area contributed by atoms with E-state index in [1.165, 1.54) is 19.1 Å². The van der Waals surface area contributed by atoms with Crippen molar-refractivity contribution >= 4 is 5.78 Å². The Kier molecular flexibility index (Phi) is 4.97. The molecule has 1 aromatic rings. The van der Waals surface area contributed by atoms with Crippen LogP contribution in [0.5, 0.6) is 0 Å². The molecule has 0 aliphatic heterocycles. The maximum absolute atomic E-state index is 12.5. The number of rotatable bonds is 4. The second kappa shape index (κ2) is 5.95. The molecule has 0 spiro atoms. The second-order valence-electron chi connectivity index (χ2n) is 5.91. The van der Waals surface area contributed by atoms with Gasteiger partial charge in [0.1, 0.15) is 5.78 Å². The lowest BCUT2D eigenvalue weighted by Crippen LogP contribution is -2.39. The van der Waals surface area contributed by atoms with Crippen LogP contribution in [0.4, 0.5) is 13.2 Å². The van der Waals surface area contributed by atoms with Crippen molar-refractivity contribution in [1.82, 2.24) is 5.32 Å². The van der Waals surface area contributed by atoms with E-state index in [4.69, 9.17) is 0 Å². The number of alkyl halides is 3. The van der Waals surface area contributed by atoms with E-state index in [0.717, 1.165) is 12.1 Å². The molecule has 1 unspecified atom stereocenters. The van der Waals surface area contributed by atoms with Gasteiger partial charge in [0.25, 0.3) is 0 Å². The van der Waals surface area contributed by atoms with Gasteiger partial charge in [0.15, 0.2) is 0 Å². The highest BCUT2D eigenvalue weighted by molar-refractivity contribution is 5.83. The van der Waals surface area contributed by atoms with Crippen molar-refractivity contribution in [3.8, 4) is 0 Å². The maximum Gasteiger partial charge on any atom is 0.416 e. The Bertz CT molecular complexity index is 457. The van der Waals surface area contributed by atoms with Crippen molar-refractivity contribution in [2.45, 2.75) is 45.3 Å². The van der Waals surface area contributed by atoms with E-state index in [1.54, 1.807) is 0 Å². The molecule has 0 aromatic heterocycles. The van der Waals surface area contributed by atoms with E-state index in [1.807, 2.05) is 20.8 Å². The molecule has 0 radical (unpaired) electrons. The van der Waals surface area contributed by atoms with Crippen LogP contribution in [0.3, 0.4) is 0 Å². The molecule has 1 atom stereocenters. The van der Waals surface area contributed by atoms with Crippen molar-refractivity contribution in [3.63, 3.8) is 0 Å². The highest BCUT2D eigenvalue weighted by atomic mass is 19.4. The van der Waals surface area contributed by atoms with Gasteiger partial charge in [-0.25, -0.2) is 0 Å². The van der Waals surface area contributed by atoms with Crippen LogP contribution < -0.4 is 5.32 Å². The fourth-order valence-electron chi connectivity index (χ4n) is 1.81. The summed E-state index contributed by atoms with van der Waals surface area (Å²) in [7, 11) is 0. The lowest BCUT2D eigenvalue weighted by molar-refractivity contribution is -0.137.